The zero-order valence-electron chi connectivity index (χ0n) is 22.5. The van der Waals surface area contributed by atoms with E-state index in [1.54, 1.807) is 39.5 Å². The highest BCUT2D eigenvalue weighted by atomic mass is 32.1. The zero-order valence-corrected chi connectivity index (χ0v) is 24.1. The average Bonchev–Trinajstić information content (AvgIpc) is 3.61. The Morgan fingerprint density at radius 1 is 0.658 bits per heavy atom. The van der Waals surface area contributed by atoms with Crippen LogP contribution in [-0.4, -0.2) is 35.7 Å². The van der Waals surface area contributed by atoms with E-state index in [0.717, 1.165) is 30.8 Å². The number of hydrogen-bond donors (Lipinski definition) is 0. The molecule has 2 aliphatic heterocycles. The highest BCUT2D eigenvalue weighted by Gasteiger charge is 2.54. The minimum atomic E-state index is -0.495. The maximum absolute atomic E-state index is 13.7. The molecule has 2 aromatic heterocycles. The Balaban J connectivity index is 1.40. The number of carbonyl (C=O) groups is 2. The number of fused-ring (bicyclic) bond motifs is 1. The summed E-state index contributed by atoms with van der Waals surface area (Å²) in [6.07, 6.45) is 0. The van der Waals surface area contributed by atoms with Crippen molar-refractivity contribution in [1.29, 1.82) is 0 Å². The third-order valence-corrected chi connectivity index (χ3v) is 9.90. The lowest BCUT2D eigenvalue weighted by atomic mass is 9.95. The molecule has 2 aromatic carbocycles. The van der Waals surface area contributed by atoms with Gasteiger partial charge in [0.15, 0.2) is 0 Å². The number of thiophene rings is 2. The van der Waals surface area contributed by atoms with Gasteiger partial charge in [-0.2, -0.15) is 0 Å². The van der Waals surface area contributed by atoms with Crippen LogP contribution in [0.4, 0.5) is 0 Å². The van der Waals surface area contributed by atoms with Gasteiger partial charge in [-0.25, -0.2) is 0 Å². The molecule has 6 heteroatoms. The van der Waals surface area contributed by atoms with Crippen LogP contribution in [0.1, 0.15) is 38.0 Å². The van der Waals surface area contributed by atoms with Crippen molar-refractivity contribution in [1.82, 2.24) is 9.80 Å². The lowest BCUT2D eigenvalue weighted by molar-refractivity contribution is -0.129. The predicted octanol–water partition coefficient (Wildman–Crippen LogP) is 7.39. The molecule has 0 N–H and O–H groups in total. The summed E-state index contributed by atoms with van der Waals surface area (Å²) in [5.41, 5.74) is 8.61. The van der Waals surface area contributed by atoms with E-state index in [9.17, 15) is 9.59 Å². The van der Waals surface area contributed by atoms with Crippen molar-refractivity contribution in [3.05, 3.63) is 98.2 Å². The van der Waals surface area contributed by atoms with Crippen LogP contribution in [0, 0.1) is 33.6 Å². The smallest absolute Gasteiger partial charge is 0.253 e. The van der Waals surface area contributed by atoms with E-state index in [0.29, 0.717) is 5.57 Å². The van der Waals surface area contributed by atoms with Crippen molar-refractivity contribution in [2.75, 3.05) is 14.1 Å². The van der Waals surface area contributed by atoms with Gasteiger partial charge in [0.05, 0.1) is 28.1 Å². The molecule has 0 spiro atoms. The van der Waals surface area contributed by atoms with E-state index in [-0.39, 0.29) is 17.9 Å². The summed E-state index contributed by atoms with van der Waals surface area (Å²) in [6, 6.07) is 21.1. The van der Waals surface area contributed by atoms with Gasteiger partial charge >= 0.3 is 0 Å². The molecule has 2 atom stereocenters. The fourth-order valence-corrected chi connectivity index (χ4v) is 8.28. The lowest BCUT2D eigenvalue weighted by Crippen LogP contribution is -2.32. The van der Waals surface area contributed by atoms with Gasteiger partial charge in [0, 0.05) is 28.7 Å². The third kappa shape index (κ3) is 3.94. The van der Waals surface area contributed by atoms with E-state index < -0.39 is 5.92 Å². The van der Waals surface area contributed by atoms with Crippen LogP contribution in [0.2, 0.25) is 0 Å². The molecule has 0 bridgehead atoms. The maximum Gasteiger partial charge on any atom is 0.253 e. The third-order valence-electron chi connectivity index (χ3n) is 7.55. The van der Waals surface area contributed by atoms with Crippen molar-refractivity contribution < 1.29 is 9.59 Å². The fraction of sp³-hybridized carbons (Fsp3) is 0.250. The number of rotatable bonds is 4. The number of likely N-dealkylation sites (tertiary alicyclic amines) is 1. The number of likely N-dealkylation sites (N-methyl/N-ethyl adjacent to an activating group) is 1. The first-order valence-electron chi connectivity index (χ1n) is 12.8. The molecule has 192 valence electrons. The fourth-order valence-electron chi connectivity index (χ4n) is 6.01. The molecule has 2 aliphatic rings. The van der Waals surface area contributed by atoms with Gasteiger partial charge < -0.3 is 9.80 Å². The summed E-state index contributed by atoms with van der Waals surface area (Å²) >= 11 is 3.31. The predicted molar refractivity (Wildman–Crippen MR) is 157 cm³/mol. The molecule has 0 radical (unpaired) electrons. The normalized spacial score (nSPS) is 19.2. The van der Waals surface area contributed by atoms with Gasteiger partial charge in [0.2, 0.25) is 5.91 Å². The molecule has 2 unspecified atom stereocenters. The summed E-state index contributed by atoms with van der Waals surface area (Å²) < 4.78 is 0. The Morgan fingerprint density at radius 2 is 1.16 bits per heavy atom. The monoisotopic (exact) mass is 538 g/mol. The Morgan fingerprint density at radius 3 is 1.74 bits per heavy atom. The van der Waals surface area contributed by atoms with Crippen molar-refractivity contribution in [3.63, 3.8) is 0 Å². The van der Waals surface area contributed by atoms with Crippen molar-refractivity contribution in [2.24, 2.45) is 5.92 Å². The van der Waals surface area contributed by atoms with Crippen molar-refractivity contribution in [2.45, 2.75) is 33.7 Å². The number of carbonyl (C=O) groups excluding carboxylic acids is 2. The van der Waals surface area contributed by atoms with Crippen molar-refractivity contribution >= 4 is 40.2 Å². The highest BCUT2D eigenvalue weighted by Crippen LogP contribution is 2.52. The van der Waals surface area contributed by atoms with Crippen LogP contribution in [0.3, 0.4) is 0 Å². The first-order valence-corrected chi connectivity index (χ1v) is 14.4. The summed E-state index contributed by atoms with van der Waals surface area (Å²) in [7, 11) is 3.63. The Labute approximate surface area is 231 Å². The maximum atomic E-state index is 13.7. The Bertz CT molecular complexity index is 1620. The second-order valence-electron chi connectivity index (χ2n) is 10.6. The molecular formula is C32H30N2O2S2. The van der Waals surface area contributed by atoms with Crippen LogP contribution in [0.5, 0.6) is 0 Å². The van der Waals surface area contributed by atoms with Crippen LogP contribution >= 0.6 is 22.7 Å². The average molecular weight is 539 g/mol. The second kappa shape index (κ2) is 9.07. The molecule has 4 heterocycles. The molecule has 1 saturated heterocycles. The molecule has 4 nitrogen and oxygen atoms in total. The van der Waals surface area contributed by atoms with E-state index >= 15 is 0 Å². The van der Waals surface area contributed by atoms with E-state index in [2.05, 4.69) is 88.4 Å². The number of amides is 2. The minimum absolute atomic E-state index is 0.0135. The number of nitrogens with zero attached hydrogens (tertiary/aromatic N) is 2. The number of benzene rings is 2. The molecule has 1 fully saturated rings. The molecule has 4 aromatic rings. The SMILES string of the molecule is Cc1cc(C)cc(-c2ccc(C3=C4C(=O)N(C)C(c5ccc(-c6cc(C)cc(C)c6)s5)C4C(=O)N3C)s2)c1. The summed E-state index contributed by atoms with van der Waals surface area (Å²) in [5, 5.41) is 0. The van der Waals surface area contributed by atoms with Gasteiger partial charge in [0.25, 0.3) is 5.91 Å². The highest BCUT2D eigenvalue weighted by molar-refractivity contribution is 7.16. The van der Waals surface area contributed by atoms with Crippen LogP contribution in [0.25, 0.3) is 26.6 Å². The van der Waals surface area contributed by atoms with Gasteiger partial charge in [-0.3, -0.25) is 9.59 Å². The van der Waals surface area contributed by atoms with Crippen LogP contribution in [-0.2, 0) is 9.59 Å². The van der Waals surface area contributed by atoms with Gasteiger partial charge in [-0.05, 0) is 63.1 Å². The lowest BCUT2D eigenvalue weighted by Gasteiger charge is -2.24. The molecular weight excluding hydrogens is 508 g/mol. The Kier molecular flexibility index (Phi) is 5.93. The van der Waals surface area contributed by atoms with Crippen molar-refractivity contribution in [3.8, 4) is 20.9 Å². The molecule has 38 heavy (non-hydrogen) atoms. The molecule has 6 rings (SSSR count). The largest absolute Gasteiger partial charge is 0.333 e. The topological polar surface area (TPSA) is 40.6 Å². The minimum Gasteiger partial charge on any atom is -0.333 e. The Hall–Kier alpha value is -3.48. The molecule has 2 amide bonds. The first-order chi connectivity index (χ1) is 18.1. The number of hydrogen-bond acceptors (Lipinski definition) is 4. The van der Waals surface area contributed by atoms with E-state index in [1.807, 2.05) is 7.05 Å². The zero-order chi connectivity index (χ0) is 26.9. The second-order valence-corrected chi connectivity index (χ2v) is 12.8. The van der Waals surface area contributed by atoms with Gasteiger partial charge in [0.1, 0.15) is 0 Å². The summed E-state index contributed by atoms with van der Waals surface area (Å²) in [5.74, 6) is -0.569. The first kappa shape index (κ1) is 24.8. The van der Waals surface area contributed by atoms with Crippen LogP contribution in [0.15, 0.2) is 66.2 Å². The van der Waals surface area contributed by atoms with E-state index in [1.165, 1.54) is 27.8 Å². The van der Waals surface area contributed by atoms with E-state index in [4.69, 9.17) is 0 Å². The summed E-state index contributed by atoms with van der Waals surface area (Å²) in [6.45, 7) is 8.42. The standard InChI is InChI=1S/C32H30N2O2S2/c1-17-11-18(2)14-21(13-17)23-7-9-25(37-23)29-27-28(32(36)33(29)5)30(34(6)31(27)35)26-10-8-24(38-26)22-15-19(3)12-20(4)16-22/h7-16,27,29H,1-6H3. The van der Waals surface area contributed by atoms with Crippen LogP contribution < -0.4 is 0 Å². The number of aryl methyl sites for hydroxylation is 4. The molecule has 0 saturated carbocycles. The van der Waals surface area contributed by atoms with Gasteiger partial charge in [-0.15, -0.1) is 22.7 Å². The summed E-state index contributed by atoms with van der Waals surface area (Å²) in [4.78, 5) is 35.1. The quantitative estimate of drug-likeness (QED) is 0.272. The van der Waals surface area contributed by atoms with Gasteiger partial charge in [-0.1, -0.05) is 58.7 Å². The molecule has 0 aliphatic carbocycles.